The van der Waals surface area contributed by atoms with Crippen LogP contribution < -0.4 is 5.32 Å². The molecule has 0 rings (SSSR count). The molecule has 0 unspecified atom stereocenters. The smallest absolute Gasteiger partial charge is 0.0950 e. The average Bonchev–Trinajstić information content (AvgIpc) is 1.91. The van der Waals surface area contributed by atoms with E-state index in [1.165, 1.54) is 6.42 Å². The van der Waals surface area contributed by atoms with Crippen molar-refractivity contribution >= 4 is 0 Å². The van der Waals surface area contributed by atoms with E-state index < -0.39 is 0 Å². The van der Waals surface area contributed by atoms with Crippen LogP contribution in [-0.2, 0) is 0 Å². The molecule has 0 aromatic rings. The van der Waals surface area contributed by atoms with Crippen molar-refractivity contribution in [2.24, 2.45) is 0 Å². The zero-order chi connectivity index (χ0) is 7.11. The molecular formula is C7H14N2. The molecule has 0 bridgehead atoms. The fraction of sp³-hybridized carbons (Fsp3) is 0.857. The third-order valence-corrected chi connectivity index (χ3v) is 1.35. The fourth-order valence-corrected chi connectivity index (χ4v) is 0.682. The first-order chi connectivity index (χ1) is 4.35. The lowest BCUT2D eigenvalue weighted by Crippen LogP contribution is -2.22. The Morgan fingerprint density at radius 2 is 2.33 bits per heavy atom. The van der Waals surface area contributed by atoms with Gasteiger partial charge in [-0.2, -0.15) is 5.26 Å². The molecule has 2 nitrogen and oxygen atoms in total. The van der Waals surface area contributed by atoms with Gasteiger partial charge in [-0.05, 0) is 13.5 Å². The van der Waals surface area contributed by atoms with Gasteiger partial charge >= 0.3 is 0 Å². The van der Waals surface area contributed by atoms with Crippen LogP contribution >= 0.6 is 0 Å². The van der Waals surface area contributed by atoms with Crippen molar-refractivity contribution in [3.63, 3.8) is 0 Å². The number of nitrogens with zero attached hydrogens (tertiary/aromatic N) is 1. The normalized spacial score (nSPS) is 12.6. The van der Waals surface area contributed by atoms with Crippen LogP contribution in [0.4, 0.5) is 0 Å². The summed E-state index contributed by atoms with van der Waals surface area (Å²) in [5.41, 5.74) is 0. The van der Waals surface area contributed by atoms with Crippen molar-refractivity contribution in [1.29, 1.82) is 5.26 Å². The van der Waals surface area contributed by atoms with Gasteiger partial charge in [0.05, 0.1) is 12.1 Å². The van der Waals surface area contributed by atoms with E-state index in [0.717, 1.165) is 12.8 Å². The Hall–Kier alpha value is -0.550. The van der Waals surface area contributed by atoms with Crippen LogP contribution in [0.15, 0.2) is 0 Å². The molecule has 1 atom stereocenters. The number of unbranched alkanes of at least 4 members (excludes halogenated alkanes) is 1. The van der Waals surface area contributed by atoms with E-state index in [9.17, 15) is 0 Å². The van der Waals surface area contributed by atoms with E-state index >= 15 is 0 Å². The molecule has 1 N–H and O–H groups in total. The van der Waals surface area contributed by atoms with Crippen molar-refractivity contribution < 1.29 is 0 Å². The first kappa shape index (κ1) is 8.45. The van der Waals surface area contributed by atoms with Crippen molar-refractivity contribution in [2.45, 2.75) is 32.2 Å². The van der Waals surface area contributed by atoms with Crippen LogP contribution in [0.3, 0.4) is 0 Å². The summed E-state index contributed by atoms with van der Waals surface area (Å²) in [6.45, 7) is 2.13. The van der Waals surface area contributed by atoms with Crippen molar-refractivity contribution in [3.05, 3.63) is 0 Å². The molecule has 2 heteroatoms. The molecule has 0 aromatic carbocycles. The highest BCUT2D eigenvalue weighted by molar-refractivity contribution is 4.87. The van der Waals surface area contributed by atoms with Crippen molar-refractivity contribution in [2.75, 3.05) is 7.05 Å². The van der Waals surface area contributed by atoms with E-state index in [4.69, 9.17) is 5.26 Å². The predicted octanol–water partition coefficient (Wildman–Crippen LogP) is 1.29. The summed E-state index contributed by atoms with van der Waals surface area (Å²) in [5.74, 6) is 0. The molecule has 9 heavy (non-hydrogen) atoms. The minimum Gasteiger partial charge on any atom is -0.305 e. The summed E-state index contributed by atoms with van der Waals surface area (Å²) in [4.78, 5) is 0. The maximum atomic E-state index is 8.44. The molecule has 0 aromatic heterocycles. The van der Waals surface area contributed by atoms with Gasteiger partial charge in [-0.1, -0.05) is 19.8 Å². The van der Waals surface area contributed by atoms with Crippen LogP contribution in [0, 0.1) is 11.3 Å². The van der Waals surface area contributed by atoms with Gasteiger partial charge in [-0.3, -0.25) is 0 Å². The standard InChI is InChI=1S/C7H14N2/c1-3-4-5-7(6-8)9-2/h7,9H,3-5H2,1-2H3/t7-/m0/s1. The van der Waals surface area contributed by atoms with Crippen LogP contribution in [0.25, 0.3) is 0 Å². The van der Waals surface area contributed by atoms with Gasteiger partial charge in [0.25, 0.3) is 0 Å². The molecule has 0 aliphatic carbocycles. The fourth-order valence-electron chi connectivity index (χ4n) is 0.682. The molecule has 0 heterocycles. The van der Waals surface area contributed by atoms with Gasteiger partial charge in [0, 0.05) is 0 Å². The topological polar surface area (TPSA) is 35.8 Å². The van der Waals surface area contributed by atoms with E-state index in [2.05, 4.69) is 18.3 Å². The Labute approximate surface area is 56.9 Å². The van der Waals surface area contributed by atoms with Crippen LogP contribution in [-0.4, -0.2) is 13.1 Å². The Morgan fingerprint density at radius 1 is 1.67 bits per heavy atom. The summed E-state index contributed by atoms with van der Waals surface area (Å²) in [6, 6.07) is 2.24. The molecule has 0 fully saturated rings. The number of nitriles is 1. The van der Waals surface area contributed by atoms with Crippen LogP contribution in [0.5, 0.6) is 0 Å². The Bertz CT molecular complexity index is 93.6. The molecule has 0 saturated carbocycles. The van der Waals surface area contributed by atoms with E-state index in [1.807, 2.05) is 7.05 Å². The minimum absolute atomic E-state index is 0.0601. The predicted molar refractivity (Wildman–Crippen MR) is 38.0 cm³/mol. The van der Waals surface area contributed by atoms with Gasteiger partial charge in [-0.15, -0.1) is 0 Å². The lowest BCUT2D eigenvalue weighted by Gasteiger charge is -2.03. The molecule has 0 radical (unpaired) electrons. The summed E-state index contributed by atoms with van der Waals surface area (Å²) in [7, 11) is 1.82. The van der Waals surface area contributed by atoms with Gasteiger partial charge < -0.3 is 5.32 Å². The number of nitrogens with one attached hydrogen (secondary N) is 1. The molecule has 0 amide bonds. The van der Waals surface area contributed by atoms with Gasteiger partial charge in [-0.25, -0.2) is 0 Å². The Morgan fingerprint density at radius 3 is 2.67 bits per heavy atom. The maximum absolute atomic E-state index is 8.44. The lowest BCUT2D eigenvalue weighted by atomic mass is 10.1. The first-order valence-corrected chi connectivity index (χ1v) is 3.42. The highest BCUT2D eigenvalue weighted by atomic mass is 14.9. The Kier molecular flexibility index (Phi) is 5.24. The largest absolute Gasteiger partial charge is 0.305 e. The third kappa shape index (κ3) is 3.99. The van der Waals surface area contributed by atoms with Gasteiger partial charge in [0.2, 0.25) is 0 Å². The van der Waals surface area contributed by atoms with Crippen LogP contribution in [0.1, 0.15) is 26.2 Å². The number of hydrogen-bond donors (Lipinski definition) is 1. The first-order valence-electron chi connectivity index (χ1n) is 3.42. The average molecular weight is 126 g/mol. The van der Waals surface area contributed by atoms with Crippen LogP contribution in [0.2, 0.25) is 0 Å². The lowest BCUT2D eigenvalue weighted by molar-refractivity contribution is 0.587. The van der Waals surface area contributed by atoms with Crippen molar-refractivity contribution in [3.8, 4) is 6.07 Å². The van der Waals surface area contributed by atoms with Gasteiger partial charge in [0.15, 0.2) is 0 Å². The monoisotopic (exact) mass is 126 g/mol. The zero-order valence-electron chi connectivity index (χ0n) is 6.15. The highest BCUT2D eigenvalue weighted by Crippen LogP contribution is 1.97. The summed E-state index contributed by atoms with van der Waals surface area (Å²) >= 11 is 0. The molecule has 52 valence electrons. The Balaban J connectivity index is 3.23. The summed E-state index contributed by atoms with van der Waals surface area (Å²) in [6.07, 6.45) is 3.28. The summed E-state index contributed by atoms with van der Waals surface area (Å²) in [5, 5.41) is 11.4. The quantitative estimate of drug-likeness (QED) is 0.616. The minimum atomic E-state index is 0.0601. The van der Waals surface area contributed by atoms with E-state index in [-0.39, 0.29) is 6.04 Å². The second-order valence-electron chi connectivity index (χ2n) is 2.11. The molecule has 0 spiro atoms. The third-order valence-electron chi connectivity index (χ3n) is 1.35. The maximum Gasteiger partial charge on any atom is 0.0950 e. The second kappa shape index (κ2) is 5.58. The molecule has 0 aliphatic heterocycles. The zero-order valence-corrected chi connectivity index (χ0v) is 6.15. The van der Waals surface area contributed by atoms with E-state index in [1.54, 1.807) is 0 Å². The number of rotatable bonds is 4. The molecular weight excluding hydrogens is 112 g/mol. The van der Waals surface area contributed by atoms with Gasteiger partial charge in [0.1, 0.15) is 0 Å². The summed E-state index contributed by atoms with van der Waals surface area (Å²) < 4.78 is 0. The van der Waals surface area contributed by atoms with E-state index in [0.29, 0.717) is 0 Å². The number of hydrogen-bond acceptors (Lipinski definition) is 2. The van der Waals surface area contributed by atoms with Crippen molar-refractivity contribution in [1.82, 2.24) is 5.32 Å². The second-order valence-corrected chi connectivity index (χ2v) is 2.11. The SMILES string of the molecule is CCCC[C@@H](C#N)NC. The highest BCUT2D eigenvalue weighted by Gasteiger charge is 1.99. The molecule has 0 aliphatic rings. The molecule has 0 saturated heterocycles.